The number of nitrogens with one attached hydrogen (secondary N) is 1. The first-order valence-electron chi connectivity index (χ1n) is 6.20. The number of benzene rings is 1. The van der Waals surface area contributed by atoms with Crippen LogP contribution in [-0.2, 0) is 4.79 Å². The highest BCUT2D eigenvalue weighted by atomic mass is 16.5. The zero-order chi connectivity index (χ0) is 14.3. The molecule has 0 aliphatic carbocycles. The number of rotatable bonds is 7. The lowest BCUT2D eigenvalue weighted by Gasteiger charge is -2.18. The number of carbonyl (C=O) groups excluding carboxylic acids is 2. The van der Waals surface area contributed by atoms with Gasteiger partial charge in [-0.05, 0) is 30.8 Å². The maximum Gasteiger partial charge on any atom is 0.233 e. The minimum absolute atomic E-state index is 0.00611. The second-order valence-electron chi connectivity index (χ2n) is 4.13. The third-order valence-corrected chi connectivity index (χ3v) is 2.87. The summed E-state index contributed by atoms with van der Waals surface area (Å²) in [5.41, 5.74) is 0.621. The molecule has 0 unspecified atom stereocenters. The summed E-state index contributed by atoms with van der Waals surface area (Å²) in [4.78, 5) is 25.2. The van der Waals surface area contributed by atoms with Crippen molar-refractivity contribution in [2.75, 3.05) is 33.8 Å². The number of ether oxygens (including phenoxy) is 1. The molecule has 5 nitrogen and oxygen atoms in total. The summed E-state index contributed by atoms with van der Waals surface area (Å²) >= 11 is 0. The lowest BCUT2D eigenvalue weighted by Crippen LogP contribution is -2.38. The van der Waals surface area contributed by atoms with E-state index in [1.807, 2.05) is 6.92 Å². The summed E-state index contributed by atoms with van der Waals surface area (Å²) in [6, 6.07) is 6.97. The SMILES string of the molecule is CCN(CC(=O)NC)CC(=O)c1ccc(OC)cc1. The van der Waals surface area contributed by atoms with Crippen LogP contribution in [0, 0.1) is 0 Å². The van der Waals surface area contributed by atoms with E-state index < -0.39 is 0 Å². The summed E-state index contributed by atoms with van der Waals surface area (Å²) in [5.74, 6) is 0.618. The molecular weight excluding hydrogens is 244 g/mol. The van der Waals surface area contributed by atoms with Crippen LogP contribution in [0.3, 0.4) is 0 Å². The molecule has 0 radical (unpaired) electrons. The van der Waals surface area contributed by atoms with Crippen molar-refractivity contribution in [3.8, 4) is 5.75 Å². The van der Waals surface area contributed by atoms with Gasteiger partial charge in [0, 0.05) is 12.6 Å². The topological polar surface area (TPSA) is 58.6 Å². The minimum Gasteiger partial charge on any atom is -0.497 e. The molecule has 0 aliphatic heterocycles. The summed E-state index contributed by atoms with van der Waals surface area (Å²) in [7, 11) is 3.17. The van der Waals surface area contributed by atoms with Gasteiger partial charge in [-0.3, -0.25) is 14.5 Å². The average Bonchev–Trinajstić information content (AvgIpc) is 2.46. The van der Waals surface area contributed by atoms with E-state index >= 15 is 0 Å². The van der Waals surface area contributed by atoms with E-state index in [1.165, 1.54) is 0 Å². The number of nitrogens with zero attached hydrogens (tertiary/aromatic N) is 1. The van der Waals surface area contributed by atoms with Crippen molar-refractivity contribution in [1.82, 2.24) is 10.2 Å². The highest BCUT2D eigenvalue weighted by Gasteiger charge is 2.13. The average molecular weight is 264 g/mol. The van der Waals surface area contributed by atoms with Crippen molar-refractivity contribution in [1.29, 1.82) is 0 Å². The fraction of sp³-hybridized carbons (Fsp3) is 0.429. The first kappa shape index (κ1) is 15.2. The fourth-order valence-electron chi connectivity index (χ4n) is 1.63. The molecule has 0 fully saturated rings. The second-order valence-corrected chi connectivity index (χ2v) is 4.13. The van der Waals surface area contributed by atoms with Crippen molar-refractivity contribution in [2.45, 2.75) is 6.92 Å². The molecule has 1 amide bonds. The molecular formula is C14H20N2O3. The van der Waals surface area contributed by atoms with Gasteiger partial charge in [0.2, 0.25) is 5.91 Å². The van der Waals surface area contributed by atoms with Crippen LogP contribution in [0.1, 0.15) is 17.3 Å². The second kappa shape index (κ2) is 7.53. The molecule has 0 saturated heterocycles. The number of ketones is 1. The minimum atomic E-state index is -0.0932. The Morgan fingerprint density at radius 1 is 1.21 bits per heavy atom. The lowest BCUT2D eigenvalue weighted by atomic mass is 10.1. The van der Waals surface area contributed by atoms with Crippen LogP contribution in [0.25, 0.3) is 0 Å². The Morgan fingerprint density at radius 2 is 1.84 bits per heavy atom. The first-order chi connectivity index (χ1) is 9.10. The maximum absolute atomic E-state index is 12.1. The fourth-order valence-corrected chi connectivity index (χ4v) is 1.63. The molecule has 1 aromatic rings. The summed E-state index contributed by atoms with van der Waals surface area (Å²) in [6.45, 7) is 3.03. The molecule has 0 saturated carbocycles. The smallest absolute Gasteiger partial charge is 0.233 e. The zero-order valence-electron chi connectivity index (χ0n) is 11.6. The third-order valence-electron chi connectivity index (χ3n) is 2.87. The van der Waals surface area contributed by atoms with Gasteiger partial charge in [0.05, 0.1) is 20.2 Å². The quantitative estimate of drug-likeness (QED) is 0.745. The van der Waals surface area contributed by atoms with E-state index in [-0.39, 0.29) is 24.8 Å². The monoisotopic (exact) mass is 264 g/mol. The molecule has 0 bridgehead atoms. The predicted octanol–water partition coefficient (Wildman–Crippen LogP) is 0.946. The number of methoxy groups -OCH3 is 1. The standard InChI is InChI=1S/C14H20N2O3/c1-4-16(10-14(18)15-2)9-13(17)11-5-7-12(19-3)8-6-11/h5-8H,4,9-10H2,1-3H3,(H,15,18). The first-order valence-corrected chi connectivity index (χ1v) is 6.20. The van der Waals surface area contributed by atoms with E-state index in [1.54, 1.807) is 43.3 Å². The molecule has 1 aromatic carbocycles. The molecule has 0 spiro atoms. The zero-order valence-corrected chi connectivity index (χ0v) is 11.6. The normalized spacial score (nSPS) is 10.3. The Hall–Kier alpha value is -1.88. The van der Waals surface area contributed by atoms with Gasteiger partial charge in [0.25, 0.3) is 0 Å². The molecule has 1 rings (SSSR count). The Bertz CT molecular complexity index is 429. The highest BCUT2D eigenvalue weighted by molar-refractivity contribution is 5.98. The summed E-state index contributed by atoms with van der Waals surface area (Å²) in [6.07, 6.45) is 0. The molecule has 0 aromatic heterocycles. The lowest BCUT2D eigenvalue weighted by molar-refractivity contribution is -0.121. The van der Waals surface area contributed by atoms with Gasteiger partial charge in [0.15, 0.2) is 5.78 Å². The highest BCUT2D eigenvalue weighted by Crippen LogP contribution is 2.12. The maximum atomic E-state index is 12.1. The van der Waals surface area contributed by atoms with Crippen molar-refractivity contribution >= 4 is 11.7 Å². The Labute approximate surface area is 113 Å². The molecule has 104 valence electrons. The van der Waals surface area contributed by atoms with Crippen molar-refractivity contribution < 1.29 is 14.3 Å². The molecule has 5 heteroatoms. The van der Waals surface area contributed by atoms with Crippen LogP contribution in [0.2, 0.25) is 0 Å². The van der Waals surface area contributed by atoms with Crippen LogP contribution in [0.4, 0.5) is 0 Å². The summed E-state index contributed by atoms with van der Waals surface area (Å²) < 4.78 is 5.04. The Balaban J connectivity index is 2.63. The van der Waals surface area contributed by atoms with Crippen LogP contribution in [0.15, 0.2) is 24.3 Å². The van der Waals surface area contributed by atoms with Gasteiger partial charge in [0.1, 0.15) is 5.75 Å². The van der Waals surface area contributed by atoms with Crippen molar-refractivity contribution in [3.63, 3.8) is 0 Å². The van der Waals surface area contributed by atoms with Crippen molar-refractivity contribution in [3.05, 3.63) is 29.8 Å². The van der Waals surface area contributed by atoms with Gasteiger partial charge in [-0.25, -0.2) is 0 Å². The Morgan fingerprint density at radius 3 is 2.32 bits per heavy atom. The summed E-state index contributed by atoms with van der Waals surface area (Å²) in [5, 5.41) is 2.55. The van der Waals surface area contributed by atoms with E-state index in [2.05, 4.69) is 5.32 Å². The Kier molecular flexibility index (Phi) is 6.02. The number of hydrogen-bond donors (Lipinski definition) is 1. The molecule has 19 heavy (non-hydrogen) atoms. The van der Waals surface area contributed by atoms with E-state index in [9.17, 15) is 9.59 Å². The largest absolute Gasteiger partial charge is 0.497 e. The van der Waals surface area contributed by atoms with Crippen LogP contribution < -0.4 is 10.1 Å². The van der Waals surface area contributed by atoms with Gasteiger partial charge >= 0.3 is 0 Å². The number of carbonyl (C=O) groups is 2. The number of hydrogen-bond acceptors (Lipinski definition) is 4. The number of amides is 1. The van der Waals surface area contributed by atoms with Gasteiger partial charge in [-0.1, -0.05) is 6.92 Å². The van der Waals surface area contributed by atoms with E-state index in [0.717, 1.165) is 0 Å². The predicted molar refractivity (Wildman–Crippen MR) is 73.5 cm³/mol. The molecule has 0 atom stereocenters. The third kappa shape index (κ3) is 4.71. The van der Waals surface area contributed by atoms with E-state index in [0.29, 0.717) is 17.9 Å². The van der Waals surface area contributed by atoms with Gasteiger partial charge in [-0.15, -0.1) is 0 Å². The molecule has 1 N–H and O–H groups in total. The van der Waals surface area contributed by atoms with Crippen LogP contribution in [0.5, 0.6) is 5.75 Å². The van der Waals surface area contributed by atoms with Crippen LogP contribution in [-0.4, -0.2) is 50.4 Å². The van der Waals surface area contributed by atoms with Crippen molar-refractivity contribution in [2.24, 2.45) is 0 Å². The van der Waals surface area contributed by atoms with E-state index in [4.69, 9.17) is 4.74 Å². The molecule has 0 aliphatic rings. The van der Waals surface area contributed by atoms with Gasteiger partial charge in [-0.2, -0.15) is 0 Å². The van der Waals surface area contributed by atoms with Crippen LogP contribution >= 0.6 is 0 Å². The number of likely N-dealkylation sites (N-methyl/N-ethyl adjacent to an activating group) is 2. The number of Topliss-reactive ketones (excluding diaryl/α,β-unsaturated/α-hetero) is 1. The molecule has 0 heterocycles. The van der Waals surface area contributed by atoms with Gasteiger partial charge < -0.3 is 10.1 Å².